The molecule has 3 rings (SSSR count). The first kappa shape index (κ1) is 21.5. The molecule has 2 unspecified atom stereocenters. The predicted octanol–water partition coefficient (Wildman–Crippen LogP) is 4.43. The number of ketones is 1. The van der Waals surface area contributed by atoms with Crippen LogP contribution in [-0.2, 0) is 4.74 Å². The summed E-state index contributed by atoms with van der Waals surface area (Å²) in [5, 5.41) is 11.7. The molecule has 0 radical (unpaired) electrons. The SMILES string of the molecule is Cc1ccc(C(=O)COC(=O)c2ccc(N3CC(C)CC(C)C3)c([N+](=O)[O-])c2)cc1. The zero-order valence-electron chi connectivity index (χ0n) is 17.5. The van der Waals surface area contributed by atoms with Gasteiger partial charge in [-0.2, -0.15) is 0 Å². The number of carbonyl (C=O) groups excluding carboxylic acids is 2. The zero-order valence-corrected chi connectivity index (χ0v) is 17.5. The Morgan fingerprint density at radius 1 is 1.07 bits per heavy atom. The highest BCUT2D eigenvalue weighted by atomic mass is 16.6. The minimum Gasteiger partial charge on any atom is -0.454 e. The molecule has 7 nitrogen and oxygen atoms in total. The van der Waals surface area contributed by atoms with Crippen molar-refractivity contribution in [2.45, 2.75) is 27.2 Å². The van der Waals surface area contributed by atoms with Gasteiger partial charge in [0.15, 0.2) is 12.4 Å². The summed E-state index contributed by atoms with van der Waals surface area (Å²) >= 11 is 0. The van der Waals surface area contributed by atoms with E-state index in [1.54, 1.807) is 30.3 Å². The van der Waals surface area contributed by atoms with E-state index in [4.69, 9.17) is 4.74 Å². The Morgan fingerprint density at radius 3 is 2.27 bits per heavy atom. The van der Waals surface area contributed by atoms with Crippen LogP contribution in [0.4, 0.5) is 11.4 Å². The van der Waals surface area contributed by atoms with Crippen LogP contribution in [0.3, 0.4) is 0 Å². The van der Waals surface area contributed by atoms with Crippen LogP contribution in [0.25, 0.3) is 0 Å². The molecule has 2 aromatic rings. The van der Waals surface area contributed by atoms with Crippen molar-refractivity contribution < 1.29 is 19.2 Å². The van der Waals surface area contributed by atoms with Crippen LogP contribution in [0.15, 0.2) is 42.5 Å². The standard InChI is InChI=1S/C23H26N2O5/c1-15-4-6-18(7-5-15)22(26)14-30-23(27)19-8-9-20(21(11-19)25(28)29)24-12-16(2)10-17(3)13-24/h4-9,11,16-17H,10,12-14H2,1-3H3. The highest BCUT2D eigenvalue weighted by Crippen LogP contribution is 2.34. The van der Waals surface area contributed by atoms with E-state index in [-0.39, 0.29) is 17.0 Å². The van der Waals surface area contributed by atoms with E-state index < -0.39 is 17.5 Å². The smallest absolute Gasteiger partial charge is 0.338 e. The molecule has 1 aliphatic rings. The van der Waals surface area contributed by atoms with Crippen LogP contribution in [0.1, 0.15) is 46.5 Å². The molecule has 0 aromatic heterocycles. The minimum absolute atomic E-state index is 0.0558. The zero-order chi connectivity index (χ0) is 21.8. The molecule has 2 atom stereocenters. The normalized spacial score (nSPS) is 18.7. The van der Waals surface area contributed by atoms with Crippen molar-refractivity contribution in [1.82, 2.24) is 0 Å². The van der Waals surface area contributed by atoms with E-state index in [9.17, 15) is 19.7 Å². The molecule has 2 aromatic carbocycles. The highest BCUT2D eigenvalue weighted by Gasteiger charge is 2.28. The van der Waals surface area contributed by atoms with Crippen molar-refractivity contribution in [2.75, 3.05) is 24.6 Å². The first-order valence-corrected chi connectivity index (χ1v) is 10.0. The van der Waals surface area contributed by atoms with Gasteiger partial charge in [-0.25, -0.2) is 4.79 Å². The quantitative estimate of drug-likeness (QED) is 0.303. The molecular weight excluding hydrogens is 384 g/mol. The van der Waals surface area contributed by atoms with E-state index in [0.29, 0.717) is 23.1 Å². The van der Waals surface area contributed by atoms with Gasteiger partial charge in [0.25, 0.3) is 5.69 Å². The van der Waals surface area contributed by atoms with E-state index in [2.05, 4.69) is 13.8 Å². The largest absolute Gasteiger partial charge is 0.454 e. The summed E-state index contributed by atoms with van der Waals surface area (Å²) in [6.07, 6.45) is 1.09. The molecule has 0 spiro atoms. The van der Waals surface area contributed by atoms with Gasteiger partial charge in [0, 0.05) is 24.7 Å². The van der Waals surface area contributed by atoms with Crippen LogP contribution in [0.2, 0.25) is 0 Å². The third-order valence-electron chi connectivity index (χ3n) is 5.33. The number of anilines is 1. The number of nitrogens with zero attached hydrogens (tertiary/aromatic N) is 2. The lowest BCUT2D eigenvalue weighted by atomic mass is 9.91. The molecule has 1 aliphatic heterocycles. The molecule has 1 saturated heterocycles. The number of piperidine rings is 1. The number of esters is 1. The number of ether oxygens (including phenoxy) is 1. The van der Waals surface area contributed by atoms with E-state index >= 15 is 0 Å². The lowest BCUT2D eigenvalue weighted by Gasteiger charge is -2.36. The summed E-state index contributed by atoms with van der Waals surface area (Å²) < 4.78 is 5.10. The lowest BCUT2D eigenvalue weighted by molar-refractivity contribution is -0.384. The molecule has 0 aliphatic carbocycles. The molecule has 1 heterocycles. The number of hydrogen-bond donors (Lipinski definition) is 0. The average molecular weight is 410 g/mol. The van der Waals surface area contributed by atoms with Gasteiger partial charge in [0.1, 0.15) is 5.69 Å². The van der Waals surface area contributed by atoms with Gasteiger partial charge in [-0.15, -0.1) is 0 Å². The third kappa shape index (κ3) is 5.03. The Labute approximate surface area is 175 Å². The average Bonchev–Trinajstić information content (AvgIpc) is 2.71. The highest BCUT2D eigenvalue weighted by molar-refractivity contribution is 5.99. The van der Waals surface area contributed by atoms with Crippen molar-refractivity contribution in [2.24, 2.45) is 11.8 Å². The van der Waals surface area contributed by atoms with Crippen molar-refractivity contribution in [3.8, 4) is 0 Å². The second-order valence-corrected chi connectivity index (χ2v) is 8.18. The summed E-state index contributed by atoms with van der Waals surface area (Å²) in [5.41, 5.74) is 1.90. The second kappa shape index (κ2) is 9.07. The maximum Gasteiger partial charge on any atom is 0.338 e. The predicted molar refractivity (Wildman–Crippen MR) is 114 cm³/mol. The Hall–Kier alpha value is -3.22. The number of rotatable bonds is 6. The number of carbonyl (C=O) groups is 2. The Morgan fingerprint density at radius 2 is 1.67 bits per heavy atom. The monoisotopic (exact) mass is 410 g/mol. The van der Waals surface area contributed by atoms with E-state index in [1.807, 2.05) is 11.8 Å². The van der Waals surface area contributed by atoms with Gasteiger partial charge in [-0.3, -0.25) is 14.9 Å². The maximum absolute atomic E-state index is 12.4. The summed E-state index contributed by atoms with van der Waals surface area (Å²) in [6.45, 7) is 7.23. The second-order valence-electron chi connectivity index (χ2n) is 8.18. The molecule has 0 bridgehead atoms. The van der Waals surface area contributed by atoms with E-state index in [1.165, 1.54) is 12.1 Å². The number of aryl methyl sites for hydroxylation is 1. The molecule has 0 N–H and O–H groups in total. The molecule has 158 valence electrons. The van der Waals surface area contributed by atoms with Gasteiger partial charge in [-0.1, -0.05) is 43.7 Å². The Bertz CT molecular complexity index is 945. The fourth-order valence-corrected chi connectivity index (χ4v) is 3.96. The summed E-state index contributed by atoms with van der Waals surface area (Å²) in [6, 6.07) is 11.3. The van der Waals surface area contributed by atoms with Crippen LogP contribution >= 0.6 is 0 Å². The fraction of sp³-hybridized carbons (Fsp3) is 0.391. The van der Waals surface area contributed by atoms with E-state index in [0.717, 1.165) is 25.1 Å². The minimum atomic E-state index is -0.759. The number of Topliss-reactive ketones (excluding diaryl/α,β-unsaturated/α-hetero) is 1. The fourth-order valence-electron chi connectivity index (χ4n) is 3.96. The van der Waals surface area contributed by atoms with Gasteiger partial charge in [-0.05, 0) is 37.3 Å². The summed E-state index contributed by atoms with van der Waals surface area (Å²) in [5.74, 6) is -0.215. The Balaban J connectivity index is 1.73. The molecule has 0 saturated carbocycles. The topological polar surface area (TPSA) is 89.8 Å². The van der Waals surface area contributed by atoms with Crippen LogP contribution < -0.4 is 4.90 Å². The summed E-state index contributed by atoms with van der Waals surface area (Å²) in [7, 11) is 0. The first-order valence-electron chi connectivity index (χ1n) is 10.0. The molecular formula is C23H26N2O5. The number of nitro groups is 1. The first-order chi connectivity index (χ1) is 14.2. The van der Waals surface area contributed by atoms with Gasteiger partial charge in [0.05, 0.1) is 10.5 Å². The molecule has 1 fully saturated rings. The molecule has 30 heavy (non-hydrogen) atoms. The van der Waals surface area contributed by atoms with Crippen LogP contribution in [-0.4, -0.2) is 36.4 Å². The van der Waals surface area contributed by atoms with Crippen molar-refractivity contribution in [1.29, 1.82) is 0 Å². The molecule has 7 heteroatoms. The number of nitro benzene ring substituents is 1. The lowest BCUT2D eigenvalue weighted by Crippen LogP contribution is -2.39. The Kier molecular flexibility index (Phi) is 6.50. The van der Waals surface area contributed by atoms with Crippen molar-refractivity contribution in [3.63, 3.8) is 0 Å². The van der Waals surface area contributed by atoms with Crippen LogP contribution in [0.5, 0.6) is 0 Å². The van der Waals surface area contributed by atoms with Crippen molar-refractivity contribution >= 4 is 23.1 Å². The van der Waals surface area contributed by atoms with Crippen LogP contribution in [0, 0.1) is 28.9 Å². The number of benzene rings is 2. The third-order valence-corrected chi connectivity index (χ3v) is 5.33. The van der Waals surface area contributed by atoms with Gasteiger partial charge in [0.2, 0.25) is 0 Å². The maximum atomic E-state index is 12.4. The summed E-state index contributed by atoms with van der Waals surface area (Å²) in [4.78, 5) is 37.8. The van der Waals surface area contributed by atoms with Gasteiger partial charge < -0.3 is 9.64 Å². The van der Waals surface area contributed by atoms with Gasteiger partial charge >= 0.3 is 5.97 Å². The van der Waals surface area contributed by atoms with Crippen molar-refractivity contribution in [3.05, 3.63) is 69.3 Å². The number of hydrogen-bond acceptors (Lipinski definition) is 6. The molecule has 0 amide bonds.